The van der Waals surface area contributed by atoms with E-state index in [0.717, 1.165) is 61.1 Å². The zero-order valence-electron chi connectivity index (χ0n) is 15.8. The summed E-state index contributed by atoms with van der Waals surface area (Å²) in [6.07, 6.45) is 2.16. The molecule has 0 atom stereocenters. The molecular formula is C19H23N5O2S2. The van der Waals surface area contributed by atoms with Gasteiger partial charge in [0, 0.05) is 38.0 Å². The first-order chi connectivity index (χ1) is 13.7. The summed E-state index contributed by atoms with van der Waals surface area (Å²) in [5, 5.41) is 9.05. The normalized spacial score (nSPS) is 15.2. The number of rotatable bonds is 7. The first-order valence-corrected chi connectivity index (χ1v) is 11.2. The number of carbonyl (C=O) groups is 1. The van der Waals surface area contributed by atoms with E-state index in [-0.39, 0.29) is 5.91 Å². The lowest BCUT2D eigenvalue weighted by atomic mass is 10.2. The Morgan fingerprint density at radius 1 is 1.21 bits per heavy atom. The SMILES string of the molecule is Cc1nc(CC(=O)N2CCN(CCCc3nc(-c4cccs4)no3)CC2)cs1. The molecule has 0 saturated carbocycles. The Hall–Kier alpha value is -2.10. The molecule has 3 aromatic rings. The third kappa shape index (κ3) is 4.84. The molecule has 4 rings (SSSR count). The average Bonchev–Trinajstić information content (AvgIpc) is 3.44. The van der Waals surface area contributed by atoms with Crippen LogP contribution in [-0.2, 0) is 17.6 Å². The standard InChI is InChI=1S/C19H23N5O2S2/c1-14-20-15(13-28-14)12-18(25)24-9-7-23(8-10-24)6-2-5-17-21-19(22-26-17)16-4-3-11-27-16/h3-4,11,13H,2,5-10,12H2,1H3. The van der Waals surface area contributed by atoms with Gasteiger partial charge >= 0.3 is 0 Å². The zero-order valence-corrected chi connectivity index (χ0v) is 17.5. The van der Waals surface area contributed by atoms with Gasteiger partial charge in [-0.25, -0.2) is 4.98 Å². The predicted octanol–water partition coefficient (Wildman–Crippen LogP) is 2.88. The van der Waals surface area contributed by atoms with E-state index in [4.69, 9.17) is 4.52 Å². The van der Waals surface area contributed by atoms with Crippen molar-refractivity contribution in [2.75, 3.05) is 32.7 Å². The van der Waals surface area contributed by atoms with Gasteiger partial charge in [-0.3, -0.25) is 9.69 Å². The second-order valence-electron chi connectivity index (χ2n) is 6.85. The Kier molecular flexibility index (Phi) is 6.13. The maximum absolute atomic E-state index is 12.4. The van der Waals surface area contributed by atoms with Crippen LogP contribution in [-0.4, -0.2) is 63.6 Å². The van der Waals surface area contributed by atoms with Gasteiger partial charge in [-0.2, -0.15) is 4.98 Å². The molecule has 0 aliphatic carbocycles. The Balaban J connectivity index is 1.17. The van der Waals surface area contributed by atoms with Crippen LogP contribution in [0.1, 0.15) is 23.0 Å². The molecule has 1 fully saturated rings. The molecule has 1 aliphatic heterocycles. The van der Waals surface area contributed by atoms with Crippen molar-refractivity contribution < 1.29 is 9.32 Å². The maximum atomic E-state index is 12.4. The maximum Gasteiger partial charge on any atom is 0.228 e. The van der Waals surface area contributed by atoms with Gasteiger partial charge in [-0.05, 0) is 31.3 Å². The predicted molar refractivity (Wildman–Crippen MR) is 110 cm³/mol. The van der Waals surface area contributed by atoms with E-state index in [9.17, 15) is 4.79 Å². The number of piperazine rings is 1. The number of amides is 1. The lowest BCUT2D eigenvalue weighted by Crippen LogP contribution is -2.49. The highest BCUT2D eigenvalue weighted by molar-refractivity contribution is 7.13. The molecule has 0 unspecified atom stereocenters. The minimum absolute atomic E-state index is 0.178. The van der Waals surface area contributed by atoms with Crippen molar-refractivity contribution in [1.82, 2.24) is 24.9 Å². The summed E-state index contributed by atoms with van der Waals surface area (Å²) in [6, 6.07) is 3.98. The van der Waals surface area contributed by atoms with E-state index in [1.807, 2.05) is 34.7 Å². The molecule has 1 saturated heterocycles. The Bertz CT molecular complexity index is 897. The van der Waals surface area contributed by atoms with Crippen LogP contribution in [0, 0.1) is 6.92 Å². The molecule has 148 valence electrons. The molecule has 0 radical (unpaired) electrons. The molecule has 0 spiro atoms. The van der Waals surface area contributed by atoms with Crippen molar-refractivity contribution in [1.29, 1.82) is 0 Å². The monoisotopic (exact) mass is 417 g/mol. The van der Waals surface area contributed by atoms with Crippen molar-refractivity contribution in [3.63, 3.8) is 0 Å². The van der Waals surface area contributed by atoms with Crippen molar-refractivity contribution in [2.24, 2.45) is 0 Å². The fourth-order valence-electron chi connectivity index (χ4n) is 3.29. The quantitative estimate of drug-likeness (QED) is 0.588. The van der Waals surface area contributed by atoms with Gasteiger partial charge in [-0.1, -0.05) is 11.2 Å². The molecule has 7 nitrogen and oxygen atoms in total. The summed E-state index contributed by atoms with van der Waals surface area (Å²) in [7, 11) is 0. The van der Waals surface area contributed by atoms with Crippen LogP contribution in [0.5, 0.6) is 0 Å². The summed E-state index contributed by atoms with van der Waals surface area (Å²) in [4.78, 5) is 26.7. The van der Waals surface area contributed by atoms with Crippen LogP contribution in [0.15, 0.2) is 27.4 Å². The molecule has 0 bridgehead atoms. The van der Waals surface area contributed by atoms with E-state index in [2.05, 4.69) is 20.0 Å². The Morgan fingerprint density at radius 2 is 2.07 bits per heavy atom. The van der Waals surface area contributed by atoms with Crippen molar-refractivity contribution in [3.8, 4) is 10.7 Å². The summed E-state index contributed by atoms with van der Waals surface area (Å²) in [5.41, 5.74) is 0.886. The van der Waals surface area contributed by atoms with E-state index < -0.39 is 0 Å². The van der Waals surface area contributed by atoms with Crippen molar-refractivity contribution in [3.05, 3.63) is 39.5 Å². The first-order valence-electron chi connectivity index (χ1n) is 9.45. The van der Waals surface area contributed by atoms with Crippen LogP contribution in [0.2, 0.25) is 0 Å². The lowest BCUT2D eigenvalue weighted by molar-refractivity contribution is -0.132. The van der Waals surface area contributed by atoms with Gasteiger partial charge in [-0.15, -0.1) is 22.7 Å². The van der Waals surface area contributed by atoms with Crippen LogP contribution >= 0.6 is 22.7 Å². The third-order valence-corrected chi connectivity index (χ3v) is 6.49. The molecule has 0 aromatic carbocycles. The Morgan fingerprint density at radius 3 is 2.79 bits per heavy atom. The lowest BCUT2D eigenvalue weighted by Gasteiger charge is -2.34. The number of hydrogen-bond acceptors (Lipinski definition) is 8. The topological polar surface area (TPSA) is 75.4 Å². The summed E-state index contributed by atoms with van der Waals surface area (Å²) >= 11 is 3.21. The highest BCUT2D eigenvalue weighted by Crippen LogP contribution is 2.21. The number of aryl methyl sites for hydroxylation is 2. The molecule has 3 aromatic heterocycles. The number of aromatic nitrogens is 3. The molecular weight excluding hydrogens is 394 g/mol. The average molecular weight is 418 g/mol. The number of carbonyl (C=O) groups excluding carboxylic acids is 1. The smallest absolute Gasteiger partial charge is 0.228 e. The number of hydrogen-bond donors (Lipinski definition) is 0. The van der Waals surface area contributed by atoms with Crippen LogP contribution in [0.3, 0.4) is 0 Å². The number of nitrogens with zero attached hydrogens (tertiary/aromatic N) is 5. The van der Waals surface area contributed by atoms with Crippen molar-refractivity contribution in [2.45, 2.75) is 26.2 Å². The molecule has 1 amide bonds. The van der Waals surface area contributed by atoms with Crippen LogP contribution in [0.25, 0.3) is 10.7 Å². The minimum atomic E-state index is 0.178. The zero-order chi connectivity index (χ0) is 19.3. The number of thiophene rings is 1. The highest BCUT2D eigenvalue weighted by atomic mass is 32.1. The van der Waals surface area contributed by atoms with Gasteiger partial charge in [0.2, 0.25) is 17.6 Å². The van der Waals surface area contributed by atoms with Crippen molar-refractivity contribution >= 4 is 28.6 Å². The Labute approximate surface area is 172 Å². The van der Waals surface area contributed by atoms with Gasteiger partial charge in [0.25, 0.3) is 0 Å². The fourth-order valence-corrected chi connectivity index (χ4v) is 4.56. The summed E-state index contributed by atoms with van der Waals surface area (Å²) < 4.78 is 5.35. The van der Waals surface area contributed by atoms with E-state index in [0.29, 0.717) is 18.1 Å². The fraction of sp³-hybridized carbons (Fsp3) is 0.474. The van der Waals surface area contributed by atoms with E-state index >= 15 is 0 Å². The molecule has 9 heteroatoms. The summed E-state index contributed by atoms with van der Waals surface area (Å²) in [5.74, 6) is 1.54. The van der Waals surface area contributed by atoms with Gasteiger partial charge in [0.15, 0.2) is 0 Å². The largest absolute Gasteiger partial charge is 0.340 e. The minimum Gasteiger partial charge on any atom is -0.340 e. The van der Waals surface area contributed by atoms with Crippen LogP contribution in [0.4, 0.5) is 0 Å². The number of thiazole rings is 1. The van der Waals surface area contributed by atoms with Crippen LogP contribution < -0.4 is 0 Å². The first kappa shape index (κ1) is 19.2. The van der Waals surface area contributed by atoms with Gasteiger partial charge in [0.05, 0.1) is 22.0 Å². The molecule has 0 N–H and O–H groups in total. The molecule has 1 aliphatic rings. The third-order valence-electron chi connectivity index (χ3n) is 4.80. The summed E-state index contributed by atoms with van der Waals surface area (Å²) in [6.45, 7) is 6.33. The van der Waals surface area contributed by atoms with Gasteiger partial charge < -0.3 is 9.42 Å². The molecule has 28 heavy (non-hydrogen) atoms. The molecule has 4 heterocycles. The van der Waals surface area contributed by atoms with Gasteiger partial charge in [0.1, 0.15) is 0 Å². The second-order valence-corrected chi connectivity index (χ2v) is 8.86. The van der Waals surface area contributed by atoms with E-state index in [1.165, 1.54) is 0 Å². The second kappa shape index (κ2) is 8.93. The highest BCUT2D eigenvalue weighted by Gasteiger charge is 2.21. The van der Waals surface area contributed by atoms with E-state index in [1.54, 1.807) is 22.7 Å².